The molecule has 0 amide bonds. The van der Waals surface area contributed by atoms with E-state index in [-0.39, 0.29) is 0 Å². The normalized spacial score (nSPS) is 11.0. The maximum atomic E-state index is 5.57. The number of aryl methyl sites for hydroxylation is 1. The molecule has 26 heavy (non-hydrogen) atoms. The second-order valence-electron chi connectivity index (χ2n) is 6.47. The SMILES string of the molecule is CCOc1ccc(-c2cc3cccnc3n2Cc2ccc(C)cc2)cc1. The molecule has 0 saturated heterocycles. The number of fused-ring (bicyclic) bond motifs is 1. The van der Waals surface area contributed by atoms with Crippen LogP contribution in [0.2, 0.25) is 0 Å². The van der Waals surface area contributed by atoms with Crippen LogP contribution in [0.3, 0.4) is 0 Å². The van der Waals surface area contributed by atoms with Crippen molar-refractivity contribution in [3.05, 3.63) is 84.1 Å². The third kappa shape index (κ3) is 3.21. The van der Waals surface area contributed by atoms with Crippen molar-refractivity contribution in [2.24, 2.45) is 0 Å². The van der Waals surface area contributed by atoms with Gasteiger partial charge < -0.3 is 9.30 Å². The van der Waals surface area contributed by atoms with Crippen LogP contribution in [0.4, 0.5) is 0 Å². The van der Waals surface area contributed by atoms with Crippen molar-refractivity contribution in [1.82, 2.24) is 9.55 Å². The number of nitrogens with zero attached hydrogens (tertiary/aromatic N) is 2. The third-order valence-corrected chi connectivity index (χ3v) is 4.58. The maximum Gasteiger partial charge on any atom is 0.140 e. The first-order valence-corrected chi connectivity index (χ1v) is 8.97. The van der Waals surface area contributed by atoms with Gasteiger partial charge in [0, 0.05) is 18.1 Å². The second kappa shape index (κ2) is 7.04. The topological polar surface area (TPSA) is 27.1 Å². The second-order valence-corrected chi connectivity index (χ2v) is 6.47. The van der Waals surface area contributed by atoms with E-state index in [0.29, 0.717) is 6.61 Å². The molecule has 0 saturated carbocycles. The predicted octanol–water partition coefficient (Wildman–Crippen LogP) is 5.46. The van der Waals surface area contributed by atoms with E-state index in [0.717, 1.165) is 23.3 Å². The smallest absolute Gasteiger partial charge is 0.140 e. The highest BCUT2D eigenvalue weighted by Crippen LogP contribution is 2.29. The number of hydrogen-bond donors (Lipinski definition) is 0. The summed E-state index contributed by atoms with van der Waals surface area (Å²) >= 11 is 0. The maximum absolute atomic E-state index is 5.57. The standard InChI is InChI=1S/C23H22N2O/c1-3-26-21-12-10-19(11-13-21)22-15-20-5-4-14-24-23(20)25(22)16-18-8-6-17(2)7-9-18/h4-15H,3,16H2,1-2H3. The zero-order chi connectivity index (χ0) is 17.9. The molecule has 0 aliphatic rings. The molecule has 0 N–H and O–H groups in total. The van der Waals surface area contributed by atoms with E-state index in [2.05, 4.69) is 65.0 Å². The summed E-state index contributed by atoms with van der Waals surface area (Å²) < 4.78 is 7.86. The van der Waals surface area contributed by atoms with Crippen LogP contribution >= 0.6 is 0 Å². The minimum atomic E-state index is 0.678. The average Bonchev–Trinajstić information content (AvgIpc) is 3.03. The first-order valence-electron chi connectivity index (χ1n) is 8.97. The van der Waals surface area contributed by atoms with E-state index < -0.39 is 0 Å². The van der Waals surface area contributed by atoms with Gasteiger partial charge in [-0.2, -0.15) is 0 Å². The van der Waals surface area contributed by atoms with Crippen molar-refractivity contribution in [3.8, 4) is 17.0 Å². The molecule has 3 nitrogen and oxygen atoms in total. The highest BCUT2D eigenvalue weighted by atomic mass is 16.5. The molecule has 3 heteroatoms. The molecule has 0 aliphatic carbocycles. The van der Waals surface area contributed by atoms with Gasteiger partial charge in [0.05, 0.1) is 12.3 Å². The van der Waals surface area contributed by atoms with Crippen LogP contribution in [0.5, 0.6) is 5.75 Å². The van der Waals surface area contributed by atoms with Crippen molar-refractivity contribution in [1.29, 1.82) is 0 Å². The fourth-order valence-electron chi connectivity index (χ4n) is 3.25. The molecule has 0 unspecified atom stereocenters. The lowest BCUT2D eigenvalue weighted by Gasteiger charge is -2.12. The van der Waals surface area contributed by atoms with E-state index >= 15 is 0 Å². The van der Waals surface area contributed by atoms with Crippen molar-refractivity contribution in [2.75, 3.05) is 6.61 Å². The van der Waals surface area contributed by atoms with Gasteiger partial charge in [-0.15, -0.1) is 0 Å². The molecular weight excluding hydrogens is 320 g/mol. The van der Waals surface area contributed by atoms with E-state index in [1.807, 2.05) is 31.3 Å². The molecule has 2 heterocycles. The fourth-order valence-corrected chi connectivity index (χ4v) is 3.25. The Labute approximate surface area is 153 Å². The third-order valence-electron chi connectivity index (χ3n) is 4.58. The van der Waals surface area contributed by atoms with Crippen molar-refractivity contribution in [2.45, 2.75) is 20.4 Å². The largest absolute Gasteiger partial charge is 0.494 e. The van der Waals surface area contributed by atoms with Crippen molar-refractivity contribution in [3.63, 3.8) is 0 Å². The molecule has 2 aromatic heterocycles. The van der Waals surface area contributed by atoms with Gasteiger partial charge in [0.2, 0.25) is 0 Å². The molecular formula is C23H22N2O. The Bertz CT molecular complexity index is 1010. The summed E-state index contributed by atoms with van der Waals surface area (Å²) in [6.07, 6.45) is 1.86. The molecule has 4 aromatic rings. The number of aromatic nitrogens is 2. The lowest BCUT2D eigenvalue weighted by atomic mass is 10.1. The van der Waals surface area contributed by atoms with Gasteiger partial charge in [-0.05, 0) is 67.4 Å². The van der Waals surface area contributed by atoms with Gasteiger partial charge in [0.1, 0.15) is 11.4 Å². The zero-order valence-electron chi connectivity index (χ0n) is 15.1. The molecule has 0 spiro atoms. The molecule has 4 rings (SSSR count). The van der Waals surface area contributed by atoms with E-state index in [1.54, 1.807) is 0 Å². The Kier molecular flexibility index (Phi) is 4.44. The van der Waals surface area contributed by atoms with Crippen LogP contribution < -0.4 is 4.74 Å². The Morgan fingerprint density at radius 2 is 1.73 bits per heavy atom. The number of pyridine rings is 1. The minimum Gasteiger partial charge on any atom is -0.494 e. The predicted molar refractivity (Wildman–Crippen MR) is 107 cm³/mol. The monoisotopic (exact) mass is 342 g/mol. The van der Waals surface area contributed by atoms with Gasteiger partial charge in [-0.1, -0.05) is 29.8 Å². The highest BCUT2D eigenvalue weighted by molar-refractivity contribution is 5.84. The van der Waals surface area contributed by atoms with E-state index in [1.165, 1.54) is 22.4 Å². The van der Waals surface area contributed by atoms with Gasteiger partial charge in [-0.3, -0.25) is 0 Å². The number of rotatable bonds is 5. The first-order chi connectivity index (χ1) is 12.7. The lowest BCUT2D eigenvalue weighted by Crippen LogP contribution is -2.02. The number of benzene rings is 2. The zero-order valence-corrected chi connectivity index (χ0v) is 15.1. The van der Waals surface area contributed by atoms with Gasteiger partial charge >= 0.3 is 0 Å². The molecule has 0 atom stereocenters. The first kappa shape index (κ1) is 16.4. The molecule has 0 radical (unpaired) electrons. The quantitative estimate of drug-likeness (QED) is 0.481. The summed E-state index contributed by atoms with van der Waals surface area (Å²) in [5, 5.41) is 1.16. The summed E-state index contributed by atoms with van der Waals surface area (Å²) in [6.45, 7) is 5.58. The summed E-state index contributed by atoms with van der Waals surface area (Å²) in [5.74, 6) is 0.899. The Balaban J connectivity index is 1.79. The summed E-state index contributed by atoms with van der Waals surface area (Å²) in [7, 11) is 0. The van der Waals surface area contributed by atoms with Gasteiger partial charge in [-0.25, -0.2) is 4.98 Å². The van der Waals surface area contributed by atoms with E-state index in [9.17, 15) is 0 Å². The van der Waals surface area contributed by atoms with Crippen LogP contribution in [0.25, 0.3) is 22.3 Å². The molecule has 130 valence electrons. The molecule has 0 aliphatic heterocycles. The minimum absolute atomic E-state index is 0.678. The Hall–Kier alpha value is -3.07. The average molecular weight is 342 g/mol. The van der Waals surface area contributed by atoms with Crippen molar-refractivity contribution >= 4 is 11.0 Å². The highest BCUT2D eigenvalue weighted by Gasteiger charge is 2.12. The summed E-state index contributed by atoms with van der Waals surface area (Å²) in [6, 6.07) is 23.3. The van der Waals surface area contributed by atoms with Crippen LogP contribution in [0.1, 0.15) is 18.1 Å². The molecule has 0 fully saturated rings. The van der Waals surface area contributed by atoms with Crippen LogP contribution in [0.15, 0.2) is 72.9 Å². The Morgan fingerprint density at radius 1 is 0.962 bits per heavy atom. The van der Waals surface area contributed by atoms with Crippen molar-refractivity contribution < 1.29 is 4.74 Å². The number of hydrogen-bond acceptors (Lipinski definition) is 2. The van der Waals surface area contributed by atoms with Gasteiger partial charge in [0.15, 0.2) is 0 Å². The van der Waals surface area contributed by atoms with Crippen LogP contribution in [-0.4, -0.2) is 16.2 Å². The molecule has 2 aromatic carbocycles. The fraction of sp³-hybridized carbons (Fsp3) is 0.174. The summed E-state index contributed by atoms with van der Waals surface area (Å²) in [5.41, 5.74) is 5.89. The van der Waals surface area contributed by atoms with E-state index in [4.69, 9.17) is 4.74 Å². The lowest BCUT2D eigenvalue weighted by molar-refractivity contribution is 0.340. The number of ether oxygens (including phenoxy) is 1. The summed E-state index contributed by atoms with van der Waals surface area (Å²) in [4.78, 5) is 4.63. The Morgan fingerprint density at radius 3 is 2.46 bits per heavy atom. The molecule has 0 bridgehead atoms. The van der Waals surface area contributed by atoms with Crippen LogP contribution in [0, 0.1) is 6.92 Å². The van der Waals surface area contributed by atoms with Gasteiger partial charge in [0.25, 0.3) is 0 Å². The van der Waals surface area contributed by atoms with Crippen LogP contribution in [-0.2, 0) is 6.54 Å².